The SMILES string of the molecule is CC(=O)N[C@H]1[C@H](O[C@H]2[C@H](O)[C@@H](N)[C@@H](OC[C@@H]3O[C@@H](O)[C@H](O)[C@H](O)[C@H]3O)O[C@@H]2CO)O[C@H](CO)[C@H](O)[C@@H]1O. The van der Waals surface area contributed by atoms with Crippen molar-refractivity contribution in [2.24, 2.45) is 5.73 Å². The molecule has 37 heavy (non-hydrogen) atoms. The second-order valence-corrected chi connectivity index (χ2v) is 9.20. The van der Waals surface area contributed by atoms with Gasteiger partial charge in [0, 0.05) is 6.92 Å². The Kier molecular flexibility index (Phi) is 10.5. The van der Waals surface area contributed by atoms with E-state index in [1.807, 2.05) is 0 Å². The quantitative estimate of drug-likeness (QED) is 0.135. The zero-order valence-electron chi connectivity index (χ0n) is 19.8. The van der Waals surface area contributed by atoms with Crippen LogP contribution in [0, 0.1) is 0 Å². The predicted octanol–water partition coefficient (Wildman–Crippen LogP) is -7.46. The summed E-state index contributed by atoms with van der Waals surface area (Å²) >= 11 is 0. The molecule has 0 spiro atoms. The number of carbonyl (C=O) groups excluding carboxylic acids is 1. The summed E-state index contributed by atoms with van der Waals surface area (Å²) in [5.41, 5.74) is 6.04. The number of carbonyl (C=O) groups is 1. The van der Waals surface area contributed by atoms with E-state index in [-0.39, 0.29) is 0 Å². The Hall–Kier alpha value is -1.13. The normalized spacial score (nSPS) is 49.0. The molecule has 0 unspecified atom stereocenters. The lowest BCUT2D eigenvalue weighted by Gasteiger charge is -2.47. The fraction of sp³-hybridized carbons (Fsp3) is 0.950. The van der Waals surface area contributed by atoms with Crippen LogP contribution in [0.3, 0.4) is 0 Å². The maximum atomic E-state index is 11.6. The predicted molar refractivity (Wildman–Crippen MR) is 115 cm³/mol. The molecule has 3 fully saturated rings. The van der Waals surface area contributed by atoms with Gasteiger partial charge in [-0.3, -0.25) is 4.79 Å². The summed E-state index contributed by atoms with van der Waals surface area (Å²) in [5, 5.41) is 92.2. The van der Waals surface area contributed by atoms with Gasteiger partial charge in [-0.25, -0.2) is 0 Å². The van der Waals surface area contributed by atoms with Crippen molar-refractivity contribution in [3.8, 4) is 0 Å². The van der Waals surface area contributed by atoms with Crippen molar-refractivity contribution < 1.29 is 74.4 Å². The third-order valence-electron chi connectivity index (χ3n) is 6.55. The molecule has 0 bridgehead atoms. The standard InChI is InChI=1S/C20H36N2O15/c1-5(25)22-10-14(29)11(26)6(2-23)35-20(10)37-17-7(3-24)36-19(9(21)13(17)28)33-4-8-12(27)15(30)16(31)18(32)34-8/h6-20,23-24,26-32H,2-4,21H2,1H3,(H,22,25)/t6-,7-,8+,9-,10-,11+,12+,13-,14-,15-,16-,17-,18-,19+,20+/m1/s1. The van der Waals surface area contributed by atoms with Gasteiger partial charge in [0.2, 0.25) is 5.91 Å². The van der Waals surface area contributed by atoms with Crippen LogP contribution >= 0.6 is 0 Å². The molecule has 0 aliphatic carbocycles. The molecule has 0 saturated carbocycles. The van der Waals surface area contributed by atoms with Gasteiger partial charge in [0.15, 0.2) is 18.9 Å². The summed E-state index contributed by atoms with van der Waals surface area (Å²) < 4.78 is 27.3. The van der Waals surface area contributed by atoms with Gasteiger partial charge in [-0.1, -0.05) is 0 Å². The number of aliphatic hydroxyl groups excluding tert-OH is 9. The summed E-state index contributed by atoms with van der Waals surface area (Å²) in [6, 6.07) is -2.66. The van der Waals surface area contributed by atoms with E-state index in [1.165, 1.54) is 0 Å². The van der Waals surface area contributed by atoms with Gasteiger partial charge in [0.1, 0.15) is 67.1 Å². The number of ether oxygens (including phenoxy) is 5. The van der Waals surface area contributed by atoms with Crippen LogP contribution in [0.4, 0.5) is 0 Å². The molecule has 3 heterocycles. The van der Waals surface area contributed by atoms with E-state index < -0.39 is 118 Å². The average molecular weight is 545 g/mol. The molecular formula is C20H36N2O15. The lowest BCUT2D eigenvalue weighted by Crippen LogP contribution is -2.68. The molecule has 1 amide bonds. The van der Waals surface area contributed by atoms with Gasteiger partial charge >= 0.3 is 0 Å². The molecule has 0 aromatic rings. The van der Waals surface area contributed by atoms with E-state index in [0.717, 1.165) is 6.92 Å². The largest absolute Gasteiger partial charge is 0.394 e. The number of amides is 1. The van der Waals surface area contributed by atoms with E-state index in [2.05, 4.69) is 5.32 Å². The molecule has 0 aromatic heterocycles. The average Bonchev–Trinajstić information content (AvgIpc) is 2.86. The molecule has 15 atom stereocenters. The summed E-state index contributed by atoms with van der Waals surface area (Å²) in [6.45, 7) is -0.794. The van der Waals surface area contributed by atoms with Crippen molar-refractivity contribution in [3.05, 3.63) is 0 Å². The summed E-state index contributed by atoms with van der Waals surface area (Å²) in [5.74, 6) is -0.602. The highest BCUT2D eigenvalue weighted by Gasteiger charge is 2.51. The van der Waals surface area contributed by atoms with Crippen molar-refractivity contribution in [1.82, 2.24) is 5.32 Å². The van der Waals surface area contributed by atoms with Gasteiger partial charge in [0.25, 0.3) is 0 Å². The lowest BCUT2D eigenvalue weighted by atomic mass is 9.95. The molecule has 216 valence electrons. The van der Waals surface area contributed by atoms with Crippen LogP contribution in [0.5, 0.6) is 0 Å². The first-order valence-corrected chi connectivity index (χ1v) is 11.7. The Morgan fingerprint density at radius 2 is 1.38 bits per heavy atom. The monoisotopic (exact) mass is 544 g/mol. The Bertz CT molecular complexity index is 749. The first-order chi connectivity index (χ1) is 17.4. The molecule has 0 aromatic carbocycles. The fourth-order valence-corrected chi connectivity index (χ4v) is 4.41. The molecule has 3 aliphatic rings. The molecular weight excluding hydrogens is 508 g/mol. The van der Waals surface area contributed by atoms with Crippen LogP contribution in [0.25, 0.3) is 0 Å². The minimum atomic E-state index is -1.80. The minimum absolute atomic E-state index is 0.505. The van der Waals surface area contributed by atoms with Crippen molar-refractivity contribution in [3.63, 3.8) is 0 Å². The van der Waals surface area contributed by atoms with Crippen molar-refractivity contribution >= 4 is 5.91 Å². The number of rotatable bonds is 8. The van der Waals surface area contributed by atoms with Gasteiger partial charge < -0.3 is 80.7 Å². The van der Waals surface area contributed by atoms with Gasteiger partial charge in [0.05, 0.1) is 25.9 Å². The van der Waals surface area contributed by atoms with E-state index in [9.17, 15) is 50.8 Å². The van der Waals surface area contributed by atoms with Crippen LogP contribution in [-0.4, -0.2) is 164 Å². The zero-order valence-corrected chi connectivity index (χ0v) is 19.8. The van der Waals surface area contributed by atoms with E-state index >= 15 is 0 Å². The van der Waals surface area contributed by atoms with E-state index in [0.29, 0.717) is 0 Å². The number of hydrogen-bond donors (Lipinski definition) is 11. The zero-order chi connectivity index (χ0) is 27.6. The Labute approximate surface area is 210 Å². The second-order valence-electron chi connectivity index (χ2n) is 9.20. The van der Waals surface area contributed by atoms with E-state index in [4.69, 9.17) is 29.4 Å². The number of nitrogens with one attached hydrogen (secondary N) is 1. The number of nitrogens with two attached hydrogens (primary N) is 1. The van der Waals surface area contributed by atoms with Gasteiger partial charge in [-0.2, -0.15) is 0 Å². The Morgan fingerprint density at radius 3 is 1.97 bits per heavy atom. The molecule has 17 nitrogen and oxygen atoms in total. The van der Waals surface area contributed by atoms with Crippen molar-refractivity contribution in [1.29, 1.82) is 0 Å². The molecule has 3 aliphatic heterocycles. The van der Waals surface area contributed by atoms with Crippen LogP contribution in [0.15, 0.2) is 0 Å². The highest BCUT2D eigenvalue weighted by atomic mass is 16.7. The lowest BCUT2D eigenvalue weighted by molar-refractivity contribution is -0.338. The highest BCUT2D eigenvalue weighted by molar-refractivity contribution is 5.73. The van der Waals surface area contributed by atoms with Gasteiger partial charge in [-0.05, 0) is 0 Å². The summed E-state index contributed by atoms with van der Waals surface area (Å²) in [6.07, 6.45) is -19.9. The van der Waals surface area contributed by atoms with Gasteiger partial charge in [-0.15, -0.1) is 0 Å². The third kappa shape index (κ3) is 6.55. The van der Waals surface area contributed by atoms with Crippen LogP contribution in [0.1, 0.15) is 6.92 Å². The maximum absolute atomic E-state index is 11.6. The smallest absolute Gasteiger partial charge is 0.217 e. The summed E-state index contributed by atoms with van der Waals surface area (Å²) in [7, 11) is 0. The third-order valence-corrected chi connectivity index (χ3v) is 6.55. The van der Waals surface area contributed by atoms with E-state index in [1.54, 1.807) is 0 Å². The van der Waals surface area contributed by atoms with Crippen LogP contribution in [0.2, 0.25) is 0 Å². The molecule has 12 N–H and O–H groups in total. The van der Waals surface area contributed by atoms with Crippen LogP contribution < -0.4 is 11.1 Å². The molecule has 0 radical (unpaired) electrons. The second kappa shape index (κ2) is 12.8. The molecule has 17 heteroatoms. The van der Waals surface area contributed by atoms with Crippen molar-refractivity contribution in [2.45, 2.75) is 98.9 Å². The van der Waals surface area contributed by atoms with Crippen LogP contribution in [-0.2, 0) is 28.5 Å². The summed E-state index contributed by atoms with van der Waals surface area (Å²) in [4.78, 5) is 11.6. The number of aliphatic hydroxyl groups is 9. The topological polar surface area (TPSA) is 283 Å². The fourth-order valence-electron chi connectivity index (χ4n) is 4.41. The molecule has 3 rings (SSSR count). The van der Waals surface area contributed by atoms with Crippen molar-refractivity contribution in [2.75, 3.05) is 19.8 Å². The minimum Gasteiger partial charge on any atom is -0.394 e. The first-order valence-electron chi connectivity index (χ1n) is 11.7. The Morgan fingerprint density at radius 1 is 0.784 bits per heavy atom. The highest BCUT2D eigenvalue weighted by Crippen LogP contribution is 2.30. The molecule has 3 saturated heterocycles. The number of hydrogen-bond acceptors (Lipinski definition) is 16. The Balaban J connectivity index is 1.69. The first kappa shape index (κ1) is 30.4. The maximum Gasteiger partial charge on any atom is 0.217 e.